The molecule has 1 saturated carbocycles. The molecule has 2 aromatic rings. The third-order valence-electron chi connectivity index (χ3n) is 7.42. The molecule has 1 saturated heterocycles. The zero-order valence-electron chi connectivity index (χ0n) is 23.6. The molecule has 2 N–H and O–H groups in total. The number of nitrogens with zero attached hydrogens (tertiary/aromatic N) is 2. The van der Waals surface area contributed by atoms with Gasteiger partial charge in [0.1, 0.15) is 24.8 Å². The molecule has 2 heterocycles. The van der Waals surface area contributed by atoms with Crippen molar-refractivity contribution in [1.29, 1.82) is 0 Å². The fraction of sp³-hybridized carbons (Fsp3) is 0.419. The highest BCUT2D eigenvalue weighted by molar-refractivity contribution is 6.04. The molecule has 2 unspecified atom stereocenters. The Hall–Kier alpha value is -4.34. The van der Waals surface area contributed by atoms with Crippen LogP contribution >= 0.6 is 0 Å². The largest absolute Gasteiger partial charge is 0.445 e. The number of piperazine rings is 1. The Morgan fingerprint density at radius 3 is 2.63 bits per heavy atom. The Kier molecular flexibility index (Phi) is 7.75. The van der Waals surface area contributed by atoms with E-state index in [2.05, 4.69) is 16.7 Å². The van der Waals surface area contributed by atoms with Gasteiger partial charge in [0.15, 0.2) is 0 Å². The molecular formula is C31H36N4O6. The number of anilines is 1. The fourth-order valence-electron chi connectivity index (χ4n) is 5.36. The van der Waals surface area contributed by atoms with E-state index in [0.717, 1.165) is 11.1 Å². The van der Waals surface area contributed by atoms with Crippen LogP contribution < -0.4 is 15.5 Å². The molecule has 10 heteroatoms. The number of alkyl carbamates (subject to hydrolysis) is 1. The van der Waals surface area contributed by atoms with Crippen molar-refractivity contribution in [3.63, 3.8) is 0 Å². The van der Waals surface area contributed by atoms with Crippen molar-refractivity contribution in [2.45, 2.75) is 57.4 Å². The predicted octanol–water partition coefficient (Wildman–Crippen LogP) is 3.86. The molecule has 0 aromatic heterocycles. The van der Waals surface area contributed by atoms with Gasteiger partial charge in [0.2, 0.25) is 11.8 Å². The normalized spacial score (nSPS) is 24.8. The maximum atomic E-state index is 13.5. The molecule has 3 aliphatic rings. The maximum absolute atomic E-state index is 13.5. The lowest BCUT2D eigenvalue weighted by atomic mass is 10.00. The minimum absolute atomic E-state index is 0.00954. The molecule has 4 amide bonds. The van der Waals surface area contributed by atoms with E-state index in [0.29, 0.717) is 25.1 Å². The third kappa shape index (κ3) is 6.37. The molecule has 5 rings (SSSR count). The summed E-state index contributed by atoms with van der Waals surface area (Å²) < 4.78 is 11.0. The molecule has 1 aliphatic carbocycles. The average Bonchev–Trinajstić information content (AvgIpc) is 3.63. The van der Waals surface area contributed by atoms with E-state index in [4.69, 9.17) is 9.47 Å². The molecule has 216 valence electrons. The van der Waals surface area contributed by atoms with Gasteiger partial charge in [-0.3, -0.25) is 19.4 Å². The van der Waals surface area contributed by atoms with Crippen LogP contribution in [0.25, 0.3) is 0 Å². The van der Waals surface area contributed by atoms with Crippen molar-refractivity contribution in [3.05, 3.63) is 77.9 Å². The molecular weight excluding hydrogens is 524 g/mol. The first-order valence-corrected chi connectivity index (χ1v) is 13.9. The van der Waals surface area contributed by atoms with Gasteiger partial charge in [-0.25, -0.2) is 9.59 Å². The number of carbonyl (C=O) groups excluding carboxylic acids is 4. The summed E-state index contributed by atoms with van der Waals surface area (Å²) in [7, 11) is 0. The van der Waals surface area contributed by atoms with Crippen LogP contribution in [0.4, 0.5) is 15.3 Å². The second-order valence-corrected chi connectivity index (χ2v) is 11.7. The molecule has 0 radical (unpaired) electrons. The Labute approximate surface area is 239 Å². The Morgan fingerprint density at radius 2 is 1.88 bits per heavy atom. The summed E-state index contributed by atoms with van der Waals surface area (Å²) in [6, 6.07) is 15.8. The van der Waals surface area contributed by atoms with Crippen molar-refractivity contribution < 1.29 is 28.7 Å². The van der Waals surface area contributed by atoms with Gasteiger partial charge in [-0.2, -0.15) is 0 Å². The molecule has 3 atom stereocenters. The zero-order valence-corrected chi connectivity index (χ0v) is 23.6. The van der Waals surface area contributed by atoms with Gasteiger partial charge in [0.25, 0.3) is 0 Å². The number of benzene rings is 2. The lowest BCUT2D eigenvalue weighted by Gasteiger charge is -2.40. The standard InChI is InChI=1S/C31H36N4O6/c1-30(2,3)41-29(39)34-18-25-27(37)32-15-8-7-12-23-17-31(23,33-28(38)40-20-21-10-5-4-6-11-21)22-13-9-14-24(16-22)35(25)26(36)19-34/h4-7,9-14,16,23,25H,8,15,17-20H2,1-3H3,(H,32,37)(H,33,38)/b12-7+/t23?,25-,31?/m0/s1. The number of hydrogen-bond acceptors (Lipinski definition) is 6. The summed E-state index contributed by atoms with van der Waals surface area (Å²) in [5.74, 6) is -0.731. The second-order valence-electron chi connectivity index (χ2n) is 11.7. The predicted molar refractivity (Wildman–Crippen MR) is 152 cm³/mol. The molecule has 2 bridgehead atoms. The number of ether oxygens (including phenoxy) is 2. The van der Waals surface area contributed by atoms with Gasteiger partial charge in [-0.1, -0.05) is 54.6 Å². The van der Waals surface area contributed by atoms with Gasteiger partial charge in [0, 0.05) is 18.2 Å². The summed E-state index contributed by atoms with van der Waals surface area (Å²) in [6.45, 7) is 5.53. The summed E-state index contributed by atoms with van der Waals surface area (Å²) in [6.07, 6.45) is 4.11. The van der Waals surface area contributed by atoms with Gasteiger partial charge >= 0.3 is 12.2 Å². The Morgan fingerprint density at radius 1 is 1.10 bits per heavy atom. The van der Waals surface area contributed by atoms with Crippen LogP contribution in [0.5, 0.6) is 0 Å². The van der Waals surface area contributed by atoms with Crippen LogP contribution in [0.1, 0.15) is 44.7 Å². The summed E-state index contributed by atoms with van der Waals surface area (Å²) >= 11 is 0. The Bertz CT molecular complexity index is 1350. The first kappa shape index (κ1) is 28.2. The quantitative estimate of drug-likeness (QED) is 0.551. The number of fused-ring (bicyclic) bond motifs is 6. The number of rotatable bonds is 3. The monoisotopic (exact) mass is 560 g/mol. The second kappa shape index (κ2) is 11.3. The van der Waals surface area contributed by atoms with E-state index in [-0.39, 0.29) is 31.5 Å². The highest BCUT2D eigenvalue weighted by atomic mass is 16.6. The van der Waals surface area contributed by atoms with E-state index in [1.807, 2.05) is 54.6 Å². The molecule has 2 fully saturated rings. The highest BCUT2D eigenvalue weighted by Gasteiger charge is 2.56. The van der Waals surface area contributed by atoms with E-state index in [1.54, 1.807) is 26.8 Å². The van der Waals surface area contributed by atoms with Crippen LogP contribution in [0.15, 0.2) is 66.7 Å². The van der Waals surface area contributed by atoms with Crippen molar-refractivity contribution in [2.24, 2.45) is 5.92 Å². The van der Waals surface area contributed by atoms with Crippen LogP contribution in [0, 0.1) is 5.92 Å². The lowest BCUT2D eigenvalue weighted by molar-refractivity contribution is -0.129. The SMILES string of the molecule is CC(C)(C)OC(=O)N1CC(=O)N2c3cccc(c3)C3(NC(=O)OCc4ccccc4)CC3/C=C/CCNC(=O)[C@@H]2C1. The molecule has 41 heavy (non-hydrogen) atoms. The van der Waals surface area contributed by atoms with Crippen LogP contribution in [0.2, 0.25) is 0 Å². The van der Waals surface area contributed by atoms with Gasteiger partial charge in [0.05, 0.1) is 12.1 Å². The highest BCUT2D eigenvalue weighted by Crippen LogP contribution is 2.53. The van der Waals surface area contributed by atoms with Gasteiger partial charge < -0.3 is 20.1 Å². The van der Waals surface area contributed by atoms with Crippen LogP contribution in [-0.4, -0.2) is 60.2 Å². The minimum atomic E-state index is -0.946. The fourth-order valence-corrected chi connectivity index (χ4v) is 5.36. The maximum Gasteiger partial charge on any atom is 0.410 e. The molecule has 2 aromatic carbocycles. The van der Waals surface area contributed by atoms with E-state index >= 15 is 0 Å². The van der Waals surface area contributed by atoms with E-state index in [1.165, 1.54) is 9.80 Å². The molecule has 0 spiro atoms. The van der Waals surface area contributed by atoms with Crippen molar-refractivity contribution >= 4 is 29.7 Å². The van der Waals surface area contributed by atoms with Gasteiger partial charge in [-0.15, -0.1) is 0 Å². The van der Waals surface area contributed by atoms with Crippen molar-refractivity contribution in [2.75, 3.05) is 24.5 Å². The summed E-state index contributed by atoms with van der Waals surface area (Å²) in [5, 5.41) is 5.99. The Balaban J connectivity index is 1.42. The van der Waals surface area contributed by atoms with E-state index < -0.39 is 35.3 Å². The zero-order chi connectivity index (χ0) is 29.2. The molecule has 2 aliphatic heterocycles. The van der Waals surface area contributed by atoms with Crippen LogP contribution in [0.3, 0.4) is 0 Å². The number of amides is 4. The lowest BCUT2D eigenvalue weighted by Crippen LogP contribution is -2.63. The molecule has 10 nitrogen and oxygen atoms in total. The van der Waals surface area contributed by atoms with Crippen molar-refractivity contribution in [3.8, 4) is 0 Å². The van der Waals surface area contributed by atoms with Gasteiger partial charge in [-0.05, 0) is 56.9 Å². The summed E-state index contributed by atoms with van der Waals surface area (Å²) in [5.41, 5.74) is 0.765. The number of hydrogen-bond donors (Lipinski definition) is 2. The topological polar surface area (TPSA) is 117 Å². The third-order valence-corrected chi connectivity index (χ3v) is 7.42. The smallest absolute Gasteiger partial charge is 0.410 e. The first-order chi connectivity index (χ1) is 19.6. The summed E-state index contributed by atoms with van der Waals surface area (Å²) in [4.78, 5) is 55.3. The van der Waals surface area contributed by atoms with E-state index in [9.17, 15) is 19.2 Å². The minimum Gasteiger partial charge on any atom is -0.445 e. The van der Waals surface area contributed by atoms with Crippen LogP contribution in [-0.2, 0) is 31.2 Å². The first-order valence-electron chi connectivity index (χ1n) is 13.9. The average molecular weight is 561 g/mol. The number of carbonyl (C=O) groups is 4. The number of nitrogens with one attached hydrogen (secondary N) is 2. The van der Waals surface area contributed by atoms with Crippen molar-refractivity contribution in [1.82, 2.24) is 15.5 Å².